The van der Waals surface area contributed by atoms with Crippen molar-refractivity contribution < 1.29 is 13.5 Å². The fourth-order valence-electron chi connectivity index (χ4n) is 2.26. The summed E-state index contributed by atoms with van der Waals surface area (Å²) in [5.74, 6) is -1.41. The van der Waals surface area contributed by atoms with Gasteiger partial charge in [0.25, 0.3) is 0 Å². The van der Waals surface area contributed by atoms with Crippen LogP contribution in [0, 0.1) is 11.8 Å². The molecule has 1 saturated heterocycles. The molecule has 2 heterocycles. The zero-order valence-corrected chi connectivity index (χ0v) is 11.1. The van der Waals surface area contributed by atoms with Crippen molar-refractivity contribution in [3.8, 4) is 0 Å². The average Bonchev–Trinajstić information content (AvgIpc) is 2.73. The molecule has 1 unspecified atom stereocenters. The number of hydrogen-bond acceptors (Lipinski definition) is 2. The second-order valence-electron chi connectivity index (χ2n) is 4.31. The first kappa shape index (κ1) is 12.0. The molecule has 0 bridgehead atoms. The summed E-state index contributed by atoms with van der Waals surface area (Å²) >= 11 is 3.05. The lowest BCUT2D eigenvalue weighted by Crippen LogP contribution is -2.19. The molecule has 3 nitrogen and oxygen atoms in total. The highest BCUT2D eigenvalue weighted by atomic mass is 79.9. The van der Waals surface area contributed by atoms with Crippen molar-refractivity contribution in [1.82, 2.24) is 9.78 Å². The molecule has 1 fully saturated rings. The molecule has 18 heavy (non-hydrogen) atoms. The summed E-state index contributed by atoms with van der Waals surface area (Å²) in [5, 5.41) is 3.69. The van der Waals surface area contributed by atoms with Crippen LogP contribution in [0.4, 0.5) is 8.78 Å². The third-order valence-corrected chi connectivity index (χ3v) is 3.76. The van der Waals surface area contributed by atoms with Gasteiger partial charge >= 0.3 is 0 Å². The van der Waals surface area contributed by atoms with E-state index < -0.39 is 11.8 Å². The normalized spacial score (nSPS) is 20.5. The second kappa shape index (κ2) is 4.59. The predicted molar refractivity (Wildman–Crippen MR) is 66.2 cm³/mol. The van der Waals surface area contributed by atoms with Crippen molar-refractivity contribution in [3.05, 3.63) is 28.4 Å². The number of aromatic nitrogens is 2. The molecule has 0 radical (unpaired) electrons. The average molecular weight is 317 g/mol. The molecule has 1 atom stereocenters. The molecule has 1 aromatic heterocycles. The molecule has 3 rings (SSSR count). The standard InChI is InChI=1S/C12H11BrF2N2O/c13-7-4-5-8-10(11(7)14)12(15)16-17(8)9-3-1-2-6-18-9/h4-5,9H,1-3,6H2. The van der Waals surface area contributed by atoms with Gasteiger partial charge in [0, 0.05) is 6.61 Å². The van der Waals surface area contributed by atoms with E-state index in [1.807, 2.05) is 0 Å². The van der Waals surface area contributed by atoms with E-state index in [1.165, 1.54) is 4.68 Å². The zero-order valence-electron chi connectivity index (χ0n) is 9.50. The lowest BCUT2D eigenvalue weighted by Gasteiger charge is -2.23. The molecule has 96 valence electrons. The van der Waals surface area contributed by atoms with Crippen molar-refractivity contribution in [1.29, 1.82) is 0 Å². The Morgan fingerprint density at radius 1 is 1.33 bits per heavy atom. The van der Waals surface area contributed by atoms with Crippen LogP contribution in [0.25, 0.3) is 10.9 Å². The van der Waals surface area contributed by atoms with Crippen LogP contribution in [0.1, 0.15) is 25.5 Å². The Kier molecular flexibility index (Phi) is 3.07. The maximum atomic E-state index is 13.9. The highest BCUT2D eigenvalue weighted by Crippen LogP contribution is 2.31. The summed E-state index contributed by atoms with van der Waals surface area (Å²) in [6.45, 7) is 0.632. The fourth-order valence-corrected chi connectivity index (χ4v) is 2.59. The molecule has 0 aliphatic carbocycles. The largest absolute Gasteiger partial charge is 0.356 e. The topological polar surface area (TPSA) is 27.1 Å². The van der Waals surface area contributed by atoms with E-state index >= 15 is 0 Å². The van der Waals surface area contributed by atoms with Crippen LogP contribution in [0.2, 0.25) is 0 Å². The van der Waals surface area contributed by atoms with E-state index in [9.17, 15) is 8.78 Å². The molecule has 6 heteroatoms. The van der Waals surface area contributed by atoms with Crippen molar-refractivity contribution in [2.45, 2.75) is 25.5 Å². The summed E-state index contributed by atoms with van der Waals surface area (Å²) < 4.78 is 34.8. The number of nitrogens with zero attached hydrogens (tertiary/aromatic N) is 2. The Morgan fingerprint density at radius 3 is 2.89 bits per heavy atom. The quantitative estimate of drug-likeness (QED) is 0.800. The van der Waals surface area contributed by atoms with Crippen LogP contribution in [0.3, 0.4) is 0 Å². The number of rotatable bonds is 1. The van der Waals surface area contributed by atoms with E-state index in [4.69, 9.17) is 4.74 Å². The summed E-state index contributed by atoms with van der Waals surface area (Å²) in [7, 11) is 0. The highest BCUT2D eigenvalue weighted by Gasteiger charge is 2.23. The van der Waals surface area contributed by atoms with Gasteiger partial charge in [-0.1, -0.05) is 0 Å². The van der Waals surface area contributed by atoms with E-state index in [0.717, 1.165) is 19.3 Å². The van der Waals surface area contributed by atoms with Gasteiger partial charge in [-0.05, 0) is 47.3 Å². The lowest BCUT2D eigenvalue weighted by atomic mass is 10.2. The maximum Gasteiger partial charge on any atom is 0.243 e. The first-order valence-corrected chi connectivity index (χ1v) is 6.61. The lowest BCUT2D eigenvalue weighted by molar-refractivity contribution is -0.0375. The summed E-state index contributed by atoms with van der Waals surface area (Å²) in [5.41, 5.74) is 0.431. The number of hydrogen-bond donors (Lipinski definition) is 0. The number of halogens is 3. The first-order chi connectivity index (χ1) is 8.68. The molecular formula is C12H11BrF2N2O. The van der Waals surface area contributed by atoms with Crippen molar-refractivity contribution >= 4 is 26.8 Å². The Balaban J connectivity index is 2.16. The molecule has 1 aliphatic heterocycles. The van der Waals surface area contributed by atoms with Crippen molar-refractivity contribution in [2.24, 2.45) is 0 Å². The van der Waals surface area contributed by atoms with Crippen LogP contribution in [-0.2, 0) is 4.74 Å². The Morgan fingerprint density at radius 2 is 2.17 bits per heavy atom. The molecule has 1 aliphatic rings. The van der Waals surface area contributed by atoms with Gasteiger partial charge in [-0.25, -0.2) is 9.07 Å². The fraction of sp³-hybridized carbons (Fsp3) is 0.417. The molecule has 0 saturated carbocycles. The zero-order chi connectivity index (χ0) is 12.7. The van der Waals surface area contributed by atoms with Crippen LogP contribution >= 0.6 is 15.9 Å². The second-order valence-corrected chi connectivity index (χ2v) is 5.17. The molecule has 0 N–H and O–H groups in total. The van der Waals surface area contributed by atoms with Gasteiger partial charge in [0.15, 0.2) is 12.0 Å². The van der Waals surface area contributed by atoms with Crippen molar-refractivity contribution in [3.63, 3.8) is 0 Å². The SMILES string of the molecule is Fc1nn(C2CCCCO2)c2ccc(Br)c(F)c12. The van der Waals surface area contributed by atoms with E-state index in [2.05, 4.69) is 21.0 Å². The van der Waals surface area contributed by atoms with Gasteiger partial charge in [-0.3, -0.25) is 0 Å². The van der Waals surface area contributed by atoms with E-state index in [-0.39, 0.29) is 16.1 Å². The van der Waals surface area contributed by atoms with Crippen LogP contribution in [-0.4, -0.2) is 16.4 Å². The molecular weight excluding hydrogens is 306 g/mol. The summed E-state index contributed by atoms with van der Waals surface area (Å²) in [4.78, 5) is 0. The van der Waals surface area contributed by atoms with Gasteiger partial charge < -0.3 is 4.74 Å². The maximum absolute atomic E-state index is 13.9. The van der Waals surface area contributed by atoms with Crippen LogP contribution < -0.4 is 0 Å². The minimum atomic E-state index is -0.794. The van der Waals surface area contributed by atoms with Gasteiger partial charge in [-0.15, -0.1) is 5.10 Å². The predicted octanol–water partition coefficient (Wildman–Crippen LogP) is 3.78. The molecule has 2 aromatic rings. The third-order valence-electron chi connectivity index (χ3n) is 3.15. The third kappa shape index (κ3) is 1.83. The molecule has 0 amide bonds. The minimum absolute atomic E-state index is 0.0847. The Labute approximate surface area is 111 Å². The summed E-state index contributed by atoms with van der Waals surface area (Å²) in [6.07, 6.45) is 2.48. The minimum Gasteiger partial charge on any atom is -0.356 e. The Hall–Kier alpha value is -1.01. The number of benzene rings is 1. The first-order valence-electron chi connectivity index (χ1n) is 5.82. The number of fused-ring (bicyclic) bond motifs is 1. The highest BCUT2D eigenvalue weighted by molar-refractivity contribution is 9.10. The van der Waals surface area contributed by atoms with Gasteiger partial charge in [-0.2, -0.15) is 4.39 Å². The molecule has 1 aromatic carbocycles. The number of ether oxygens (including phenoxy) is 1. The molecule has 0 spiro atoms. The van der Waals surface area contributed by atoms with Crippen LogP contribution in [0.15, 0.2) is 16.6 Å². The van der Waals surface area contributed by atoms with Crippen molar-refractivity contribution in [2.75, 3.05) is 6.61 Å². The smallest absolute Gasteiger partial charge is 0.243 e. The van der Waals surface area contributed by atoms with Gasteiger partial charge in [0.1, 0.15) is 0 Å². The van der Waals surface area contributed by atoms with Gasteiger partial charge in [0.05, 0.1) is 15.4 Å². The van der Waals surface area contributed by atoms with Gasteiger partial charge in [0.2, 0.25) is 5.95 Å². The van der Waals surface area contributed by atoms with Crippen LogP contribution in [0.5, 0.6) is 0 Å². The summed E-state index contributed by atoms with van der Waals surface area (Å²) in [6, 6.07) is 3.20. The van der Waals surface area contributed by atoms with E-state index in [0.29, 0.717) is 12.1 Å². The monoisotopic (exact) mass is 316 g/mol. The van der Waals surface area contributed by atoms with E-state index in [1.54, 1.807) is 12.1 Å². The Bertz CT molecular complexity index is 593.